The van der Waals surface area contributed by atoms with Gasteiger partial charge in [0.05, 0.1) is 23.8 Å². The molecule has 0 unspecified atom stereocenters. The number of nitrogens with zero attached hydrogens (tertiary/aromatic N) is 2. The highest BCUT2D eigenvalue weighted by molar-refractivity contribution is 7.92. The molecule has 1 aliphatic heterocycles. The van der Waals surface area contributed by atoms with Crippen molar-refractivity contribution >= 4 is 27.3 Å². The second-order valence-electron chi connectivity index (χ2n) is 7.75. The van der Waals surface area contributed by atoms with Gasteiger partial charge in [0, 0.05) is 37.9 Å². The molecule has 0 spiro atoms. The van der Waals surface area contributed by atoms with E-state index < -0.39 is 10.0 Å². The summed E-state index contributed by atoms with van der Waals surface area (Å²) in [4.78, 5) is 15.2. The van der Waals surface area contributed by atoms with Gasteiger partial charge in [-0.05, 0) is 42.0 Å². The molecule has 1 heterocycles. The summed E-state index contributed by atoms with van der Waals surface area (Å²) in [5, 5.41) is 2.93. The molecule has 1 saturated heterocycles. The van der Waals surface area contributed by atoms with Crippen LogP contribution in [-0.4, -0.2) is 47.7 Å². The van der Waals surface area contributed by atoms with E-state index in [1.165, 1.54) is 23.5 Å². The minimum atomic E-state index is -3.80. The molecule has 33 heavy (non-hydrogen) atoms. The number of para-hydroxylation sites is 2. The topological polar surface area (TPSA) is 79.0 Å². The molecule has 0 radical (unpaired) electrons. The third-order valence-corrected chi connectivity index (χ3v) is 7.44. The molecule has 4 rings (SSSR count). The molecule has 0 bridgehead atoms. The number of nitrogens with one attached hydrogen (secondary N) is 1. The van der Waals surface area contributed by atoms with Crippen LogP contribution in [0.15, 0.2) is 83.8 Å². The lowest BCUT2D eigenvalue weighted by Gasteiger charge is -2.30. The van der Waals surface area contributed by atoms with Gasteiger partial charge in [-0.15, -0.1) is 0 Å². The summed E-state index contributed by atoms with van der Waals surface area (Å²) in [6.07, 6.45) is 0. The van der Waals surface area contributed by atoms with E-state index in [9.17, 15) is 13.2 Å². The smallest absolute Gasteiger partial charge is 0.264 e. The number of amides is 1. The van der Waals surface area contributed by atoms with Crippen molar-refractivity contribution in [2.24, 2.45) is 0 Å². The van der Waals surface area contributed by atoms with Gasteiger partial charge in [0.2, 0.25) is 0 Å². The maximum absolute atomic E-state index is 13.1. The Labute approximate surface area is 194 Å². The fourth-order valence-electron chi connectivity index (χ4n) is 3.78. The fourth-order valence-corrected chi connectivity index (χ4v) is 5.03. The van der Waals surface area contributed by atoms with Gasteiger partial charge in [-0.3, -0.25) is 9.10 Å². The minimum Gasteiger partial charge on any atom is -0.378 e. The highest BCUT2D eigenvalue weighted by Crippen LogP contribution is 2.23. The maximum Gasteiger partial charge on any atom is 0.264 e. The number of rotatable bonds is 7. The van der Waals surface area contributed by atoms with Crippen LogP contribution in [0.1, 0.15) is 15.9 Å². The monoisotopic (exact) mass is 465 g/mol. The third kappa shape index (κ3) is 5.18. The summed E-state index contributed by atoms with van der Waals surface area (Å²) in [7, 11) is -2.30. The molecular weight excluding hydrogens is 438 g/mol. The van der Waals surface area contributed by atoms with E-state index >= 15 is 0 Å². The van der Waals surface area contributed by atoms with Crippen molar-refractivity contribution in [2.45, 2.75) is 11.4 Å². The summed E-state index contributed by atoms with van der Waals surface area (Å²) < 4.78 is 32.8. The van der Waals surface area contributed by atoms with Crippen LogP contribution < -0.4 is 14.5 Å². The molecule has 0 aliphatic carbocycles. The quantitative estimate of drug-likeness (QED) is 0.579. The first-order chi connectivity index (χ1) is 16.0. The summed E-state index contributed by atoms with van der Waals surface area (Å²) in [5.41, 5.74) is 2.91. The van der Waals surface area contributed by atoms with Crippen molar-refractivity contribution in [2.75, 3.05) is 42.6 Å². The number of ether oxygens (including phenoxy) is 1. The molecule has 0 atom stereocenters. The number of benzene rings is 3. The number of hydrogen-bond donors (Lipinski definition) is 1. The number of morpholine rings is 1. The summed E-state index contributed by atoms with van der Waals surface area (Å²) in [6, 6.07) is 22.9. The van der Waals surface area contributed by atoms with Crippen LogP contribution in [0.2, 0.25) is 0 Å². The molecular formula is C25H27N3O4S. The van der Waals surface area contributed by atoms with E-state index in [1.54, 1.807) is 36.4 Å². The van der Waals surface area contributed by atoms with Crippen LogP contribution in [-0.2, 0) is 21.3 Å². The van der Waals surface area contributed by atoms with Crippen molar-refractivity contribution in [3.63, 3.8) is 0 Å². The summed E-state index contributed by atoms with van der Waals surface area (Å²) in [6.45, 7) is 3.31. The van der Waals surface area contributed by atoms with Gasteiger partial charge in [0.1, 0.15) is 0 Å². The Morgan fingerprint density at radius 1 is 0.970 bits per heavy atom. The summed E-state index contributed by atoms with van der Waals surface area (Å²) in [5.74, 6) is -0.328. The first-order valence-corrected chi connectivity index (χ1v) is 12.2. The fraction of sp³-hybridized carbons (Fsp3) is 0.240. The highest BCUT2D eigenvalue weighted by atomic mass is 32.2. The second kappa shape index (κ2) is 10.1. The zero-order valence-corrected chi connectivity index (χ0v) is 19.3. The maximum atomic E-state index is 13.1. The van der Waals surface area contributed by atoms with E-state index in [0.29, 0.717) is 31.0 Å². The standard InChI is InChI=1S/C25H27N3O4S/c1-27(22-10-3-2-4-11-22)33(30,31)23-12-7-9-20(18-23)25(29)26-19-21-8-5-6-13-24(21)28-14-16-32-17-15-28/h2-13,18H,14-17,19H2,1H3,(H,26,29). The van der Waals surface area contributed by atoms with Crippen molar-refractivity contribution in [3.05, 3.63) is 90.0 Å². The largest absolute Gasteiger partial charge is 0.378 e. The molecule has 1 aliphatic rings. The molecule has 1 amide bonds. The van der Waals surface area contributed by atoms with Crippen molar-refractivity contribution in [1.82, 2.24) is 5.32 Å². The average molecular weight is 466 g/mol. The van der Waals surface area contributed by atoms with E-state index in [1.807, 2.05) is 30.3 Å². The van der Waals surface area contributed by atoms with Crippen LogP contribution >= 0.6 is 0 Å². The SMILES string of the molecule is CN(c1ccccc1)S(=O)(=O)c1cccc(C(=O)NCc2ccccc2N2CCOCC2)c1. The average Bonchev–Trinajstić information content (AvgIpc) is 2.88. The Morgan fingerprint density at radius 2 is 1.67 bits per heavy atom. The van der Waals surface area contributed by atoms with Gasteiger partial charge in [0.25, 0.3) is 15.9 Å². The Balaban J connectivity index is 1.49. The molecule has 3 aromatic carbocycles. The van der Waals surface area contributed by atoms with Crippen molar-refractivity contribution < 1.29 is 17.9 Å². The van der Waals surface area contributed by atoms with Crippen LogP contribution in [0.3, 0.4) is 0 Å². The number of carbonyl (C=O) groups excluding carboxylic acids is 1. The van der Waals surface area contributed by atoms with Gasteiger partial charge in [0.15, 0.2) is 0 Å². The van der Waals surface area contributed by atoms with E-state index in [4.69, 9.17) is 4.74 Å². The first-order valence-electron chi connectivity index (χ1n) is 10.8. The lowest BCUT2D eigenvalue weighted by molar-refractivity contribution is 0.0950. The molecule has 0 aromatic heterocycles. The molecule has 8 heteroatoms. The minimum absolute atomic E-state index is 0.0650. The molecule has 1 fully saturated rings. The predicted molar refractivity (Wildman–Crippen MR) is 129 cm³/mol. The Kier molecular flexibility index (Phi) is 6.96. The zero-order valence-electron chi connectivity index (χ0n) is 18.5. The lowest BCUT2D eigenvalue weighted by Crippen LogP contribution is -2.37. The van der Waals surface area contributed by atoms with Gasteiger partial charge in [-0.1, -0.05) is 42.5 Å². The zero-order chi connectivity index (χ0) is 23.3. The number of carbonyl (C=O) groups is 1. The Bertz CT molecular complexity index is 1210. The van der Waals surface area contributed by atoms with Gasteiger partial charge < -0.3 is 15.0 Å². The van der Waals surface area contributed by atoms with E-state index in [-0.39, 0.29) is 10.8 Å². The van der Waals surface area contributed by atoms with E-state index in [0.717, 1.165) is 24.3 Å². The normalized spacial score (nSPS) is 14.0. The van der Waals surface area contributed by atoms with E-state index in [2.05, 4.69) is 10.2 Å². The van der Waals surface area contributed by atoms with Crippen molar-refractivity contribution in [1.29, 1.82) is 0 Å². The van der Waals surface area contributed by atoms with Crippen molar-refractivity contribution in [3.8, 4) is 0 Å². The molecule has 1 N–H and O–H groups in total. The first kappa shape index (κ1) is 22.8. The Hall–Kier alpha value is -3.36. The molecule has 3 aromatic rings. The van der Waals surface area contributed by atoms with Gasteiger partial charge >= 0.3 is 0 Å². The Morgan fingerprint density at radius 3 is 2.42 bits per heavy atom. The van der Waals surface area contributed by atoms with Crippen LogP contribution in [0.5, 0.6) is 0 Å². The van der Waals surface area contributed by atoms with Gasteiger partial charge in [-0.25, -0.2) is 8.42 Å². The number of anilines is 2. The molecule has 172 valence electrons. The molecule has 0 saturated carbocycles. The molecule has 7 nitrogen and oxygen atoms in total. The highest BCUT2D eigenvalue weighted by Gasteiger charge is 2.22. The third-order valence-electron chi connectivity index (χ3n) is 5.66. The van der Waals surface area contributed by atoms with Crippen LogP contribution in [0.4, 0.5) is 11.4 Å². The predicted octanol–water partition coefficient (Wildman–Crippen LogP) is 3.28. The second-order valence-corrected chi connectivity index (χ2v) is 9.72. The number of hydrogen-bond acceptors (Lipinski definition) is 5. The van der Waals surface area contributed by atoms with Crippen LogP contribution in [0.25, 0.3) is 0 Å². The lowest BCUT2D eigenvalue weighted by atomic mass is 10.1. The summed E-state index contributed by atoms with van der Waals surface area (Å²) >= 11 is 0. The van der Waals surface area contributed by atoms with Crippen LogP contribution in [0, 0.1) is 0 Å². The number of sulfonamides is 1. The van der Waals surface area contributed by atoms with Gasteiger partial charge in [-0.2, -0.15) is 0 Å².